The van der Waals surface area contributed by atoms with Crippen molar-refractivity contribution in [2.45, 2.75) is 38.5 Å². The summed E-state index contributed by atoms with van der Waals surface area (Å²) < 4.78 is 5.53. The van der Waals surface area contributed by atoms with E-state index in [0.29, 0.717) is 12.6 Å². The van der Waals surface area contributed by atoms with Crippen molar-refractivity contribution in [2.24, 2.45) is 0 Å². The largest absolute Gasteiger partial charge is 0.361 e. The maximum atomic E-state index is 5.53. The fourth-order valence-electron chi connectivity index (χ4n) is 2.00. The van der Waals surface area contributed by atoms with Crippen molar-refractivity contribution in [1.29, 1.82) is 0 Å². The van der Waals surface area contributed by atoms with Gasteiger partial charge < -0.3 is 9.64 Å². The van der Waals surface area contributed by atoms with Gasteiger partial charge >= 0.3 is 0 Å². The first-order chi connectivity index (χ1) is 8.63. The summed E-state index contributed by atoms with van der Waals surface area (Å²) in [4.78, 5) is 12.7. The lowest BCUT2D eigenvalue weighted by Gasteiger charge is -2.30. The van der Waals surface area contributed by atoms with Gasteiger partial charge in [0.2, 0.25) is 0 Å². The fourth-order valence-corrected chi connectivity index (χ4v) is 3.25. The van der Waals surface area contributed by atoms with E-state index in [4.69, 9.17) is 4.74 Å². The van der Waals surface area contributed by atoms with E-state index in [-0.39, 0.29) is 0 Å². The molecule has 0 aromatic carbocycles. The highest BCUT2D eigenvalue weighted by Gasteiger charge is 2.24. The average Bonchev–Trinajstić information content (AvgIpc) is 2.35. The van der Waals surface area contributed by atoms with Gasteiger partial charge in [-0.1, -0.05) is 13.8 Å². The summed E-state index contributed by atoms with van der Waals surface area (Å²) in [5.74, 6) is 3.41. The smallest absolute Gasteiger partial charge is 0.148 e. The summed E-state index contributed by atoms with van der Waals surface area (Å²) in [6.07, 6.45) is 0. The van der Waals surface area contributed by atoms with Crippen LogP contribution in [-0.4, -0.2) is 35.6 Å². The maximum absolute atomic E-state index is 5.53. The summed E-state index contributed by atoms with van der Waals surface area (Å²) in [6, 6.07) is 0. The molecule has 5 heteroatoms. The van der Waals surface area contributed by atoms with Gasteiger partial charge in [-0.3, -0.25) is 0 Å². The Morgan fingerprint density at radius 2 is 2.17 bits per heavy atom. The highest BCUT2D eigenvalue weighted by molar-refractivity contribution is 7.99. The Morgan fingerprint density at radius 1 is 1.39 bits per heavy atom. The SMILES string of the molecule is CCOCN1CCSc2c(C(C)C)nc(C)nc21. The number of rotatable bonds is 4. The molecule has 1 aliphatic heterocycles. The lowest BCUT2D eigenvalue weighted by atomic mass is 10.1. The molecule has 1 aromatic rings. The second kappa shape index (κ2) is 5.89. The zero-order chi connectivity index (χ0) is 13.1. The molecule has 2 heterocycles. The van der Waals surface area contributed by atoms with Crippen molar-refractivity contribution in [1.82, 2.24) is 9.97 Å². The molecule has 2 rings (SSSR count). The molecule has 100 valence electrons. The summed E-state index contributed by atoms with van der Waals surface area (Å²) in [5, 5.41) is 0. The molecule has 4 nitrogen and oxygen atoms in total. The van der Waals surface area contributed by atoms with Crippen molar-refractivity contribution in [3.63, 3.8) is 0 Å². The summed E-state index contributed by atoms with van der Waals surface area (Å²) in [5.41, 5.74) is 1.17. The Kier molecular flexibility index (Phi) is 4.45. The monoisotopic (exact) mass is 267 g/mol. The highest BCUT2D eigenvalue weighted by atomic mass is 32.2. The van der Waals surface area contributed by atoms with Crippen molar-refractivity contribution in [3.8, 4) is 0 Å². The molecule has 0 bridgehead atoms. The predicted octanol–water partition coefficient (Wildman–Crippen LogP) is 2.81. The molecule has 0 amide bonds. The van der Waals surface area contributed by atoms with E-state index in [2.05, 4.69) is 28.7 Å². The van der Waals surface area contributed by atoms with Crippen LogP contribution in [0.2, 0.25) is 0 Å². The van der Waals surface area contributed by atoms with Gasteiger partial charge in [-0.15, -0.1) is 11.8 Å². The molecule has 0 fully saturated rings. The van der Waals surface area contributed by atoms with Gasteiger partial charge in [-0.05, 0) is 19.8 Å². The third-order valence-electron chi connectivity index (χ3n) is 2.89. The third-order valence-corrected chi connectivity index (χ3v) is 3.96. The van der Waals surface area contributed by atoms with Crippen LogP contribution in [0.15, 0.2) is 4.90 Å². The Balaban J connectivity index is 2.37. The topological polar surface area (TPSA) is 38.2 Å². The lowest BCUT2D eigenvalue weighted by molar-refractivity contribution is 0.147. The second-order valence-electron chi connectivity index (χ2n) is 4.70. The summed E-state index contributed by atoms with van der Waals surface area (Å²) in [7, 11) is 0. The molecule has 0 radical (unpaired) electrons. The molecule has 0 N–H and O–H groups in total. The van der Waals surface area contributed by atoms with E-state index in [1.54, 1.807) is 0 Å². The predicted molar refractivity (Wildman–Crippen MR) is 75.4 cm³/mol. The Hall–Kier alpha value is -0.810. The van der Waals surface area contributed by atoms with Crippen LogP contribution in [0.4, 0.5) is 5.82 Å². The first-order valence-electron chi connectivity index (χ1n) is 6.47. The van der Waals surface area contributed by atoms with Crippen molar-refractivity contribution >= 4 is 17.6 Å². The van der Waals surface area contributed by atoms with E-state index >= 15 is 0 Å². The number of fused-ring (bicyclic) bond motifs is 1. The normalized spacial score (nSPS) is 15.1. The maximum Gasteiger partial charge on any atom is 0.148 e. The zero-order valence-electron chi connectivity index (χ0n) is 11.6. The molecule has 0 spiro atoms. The molecule has 18 heavy (non-hydrogen) atoms. The standard InChI is InChI=1S/C13H21N3OS/c1-5-17-8-16-6-7-18-12-11(9(2)3)14-10(4)15-13(12)16/h9H,5-8H2,1-4H3. The average molecular weight is 267 g/mol. The minimum atomic E-state index is 0.431. The van der Waals surface area contributed by atoms with Crippen LogP contribution in [0.3, 0.4) is 0 Å². The molecule has 0 saturated carbocycles. The number of aryl methyl sites for hydroxylation is 1. The van der Waals surface area contributed by atoms with Crippen LogP contribution in [0.25, 0.3) is 0 Å². The number of hydrogen-bond donors (Lipinski definition) is 0. The third kappa shape index (κ3) is 2.78. The van der Waals surface area contributed by atoms with Crippen LogP contribution in [0.5, 0.6) is 0 Å². The van der Waals surface area contributed by atoms with Gasteiger partial charge in [0.1, 0.15) is 18.4 Å². The second-order valence-corrected chi connectivity index (χ2v) is 5.80. The first-order valence-corrected chi connectivity index (χ1v) is 7.46. The van der Waals surface area contributed by atoms with Gasteiger partial charge in [-0.2, -0.15) is 0 Å². The van der Waals surface area contributed by atoms with Crippen LogP contribution in [-0.2, 0) is 4.74 Å². The van der Waals surface area contributed by atoms with E-state index in [9.17, 15) is 0 Å². The van der Waals surface area contributed by atoms with E-state index in [1.807, 2.05) is 25.6 Å². The number of aromatic nitrogens is 2. The van der Waals surface area contributed by atoms with Crippen molar-refractivity contribution in [3.05, 3.63) is 11.5 Å². The number of hydrogen-bond acceptors (Lipinski definition) is 5. The zero-order valence-corrected chi connectivity index (χ0v) is 12.4. The Morgan fingerprint density at radius 3 is 2.83 bits per heavy atom. The van der Waals surface area contributed by atoms with E-state index < -0.39 is 0 Å². The van der Waals surface area contributed by atoms with Gasteiger partial charge in [0.05, 0.1) is 10.6 Å². The van der Waals surface area contributed by atoms with Gasteiger partial charge in [0.25, 0.3) is 0 Å². The van der Waals surface area contributed by atoms with Crippen LogP contribution >= 0.6 is 11.8 Å². The van der Waals surface area contributed by atoms with Crippen molar-refractivity contribution in [2.75, 3.05) is 30.5 Å². The Labute approximate surface area is 113 Å². The minimum absolute atomic E-state index is 0.431. The summed E-state index contributed by atoms with van der Waals surface area (Å²) >= 11 is 1.87. The number of anilines is 1. The fraction of sp³-hybridized carbons (Fsp3) is 0.692. The van der Waals surface area contributed by atoms with Gasteiger partial charge in [0.15, 0.2) is 0 Å². The first kappa shape index (κ1) is 13.6. The van der Waals surface area contributed by atoms with E-state index in [1.165, 1.54) is 10.6 Å². The molecule has 0 unspecified atom stereocenters. The minimum Gasteiger partial charge on any atom is -0.361 e. The number of nitrogens with zero attached hydrogens (tertiary/aromatic N) is 3. The molecular formula is C13H21N3OS. The molecule has 0 aliphatic carbocycles. The quantitative estimate of drug-likeness (QED) is 0.838. The molecule has 1 aromatic heterocycles. The van der Waals surface area contributed by atoms with Crippen molar-refractivity contribution < 1.29 is 4.74 Å². The van der Waals surface area contributed by atoms with Crippen LogP contribution < -0.4 is 4.90 Å². The molecular weight excluding hydrogens is 246 g/mol. The highest BCUT2D eigenvalue weighted by Crippen LogP contribution is 2.37. The lowest BCUT2D eigenvalue weighted by Crippen LogP contribution is -2.33. The molecule has 1 aliphatic rings. The van der Waals surface area contributed by atoms with Crippen LogP contribution in [0, 0.1) is 6.92 Å². The van der Waals surface area contributed by atoms with Gasteiger partial charge in [-0.25, -0.2) is 9.97 Å². The van der Waals surface area contributed by atoms with E-state index in [0.717, 1.165) is 30.5 Å². The van der Waals surface area contributed by atoms with Crippen LogP contribution in [0.1, 0.15) is 38.2 Å². The van der Waals surface area contributed by atoms with Gasteiger partial charge in [0, 0.05) is 18.9 Å². The molecule has 0 atom stereocenters. The number of thioether (sulfide) groups is 1. The molecule has 0 saturated heterocycles. The number of ether oxygens (including phenoxy) is 1. The summed E-state index contributed by atoms with van der Waals surface area (Å²) in [6.45, 7) is 10.7. The Bertz CT molecular complexity index is 423.